The molecule has 12 heavy (non-hydrogen) atoms. The number of hydrogen-bond donors (Lipinski definition) is 0. The van der Waals surface area contributed by atoms with Crippen molar-refractivity contribution in [1.82, 2.24) is 0 Å². The van der Waals surface area contributed by atoms with E-state index in [9.17, 15) is 4.79 Å². The summed E-state index contributed by atoms with van der Waals surface area (Å²) in [5.74, 6) is 0.267. The Balaban J connectivity index is 2.93. The summed E-state index contributed by atoms with van der Waals surface area (Å²) in [5, 5.41) is 0.752. The maximum atomic E-state index is 11.2. The molecule has 0 aromatic rings. The van der Waals surface area contributed by atoms with E-state index in [1.165, 1.54) is 0 Å². The van der Waals surface area contributed by atoms with Gasteiger partial charge < -0.3 is 4.74 Å². The van der Waals surface area contributed by atoms with Gasteiger partial charge in [0.2, 0.25) is 0 Å². The second-order valence-corrected chi connectivity index (χ2v) is 4.14. The molecule has 0 bridgehead atoms. The Bertz CT molecular complexity index is 268. The van der Waals surface area contributed by atoms with Gasteiger partial charge in [0.15, 0.2) is 5.76 Å². The highest BCUT2D eigenvalue weighted by atomic mass is 79.9. The maximum Gasteiger partial charge on any atom is 0.340 e. The van der Waals surface area contributed by atoms with Gasteiger partial charge in [-0.1, -0.05) is 31.9 Å². The molecule has 1 aliphatic rings. The van der Waals surface area contributed by atoms with Crippen LogP contribution in [0.2, 0.25) is 0 Å². The number of hydrogen-bond acceptors (Lipinski definition) is 2. The minimum atomic E-state index is -0.271. The van der Waals surface area contributed by atoms with Gasteiger partial charge >= 0.3 is 5.97 Å². The second-order valence-electron chi connectivity index (χ2n) is 2.09. The lowest BCUT2D eigenvalue weighted by molar-refractivity contribution is -0.133. The lowest BCUT2D eigenvalue weighted by atomic mass is 10.2. The lowest BCUT2D eigenvalue weighted by Crippen LogP contribution is -1.98. The summed E-state index contributed by atoms with van der Waals surface area (Å²) >= 11 is 9.66. The number of esters is 1. The number of carbonyl (C=O) groups is 1. The molecule has 66 valence electrons. The molecular formula is C7H5Br3O2. The summed E-state index contributed by atoms with van der Waals surface area (Å²) < 4.78 is 5.66. The first-order chi connectivity index (χ1) is 5.70. The number of carbonyl (C=O) groups excluding carboxylic acids is 1. The predicted octanol–water partition coefficient (Wildman–Crippen LogP) is 3.21. The number of ether oxygens (including phenoxy) is 1. The third-order valence-corrected chi connectivity index (χ3v) is 3.06. The Labute approximate surface area is 95.4 Å². The zero-order chi connectivity index (χ0) is 9.14. The molecule has 1 aliphatic heterocycles. The van der Waals surface area contributed by atoms with Gasteiger partial charge in [0.05, 0.1) is 10.1 Å². The minimum absolute atomic E-state index is 0.271. The number of cyclic esters (lactones) is 1. The molecule has 1 rings (SSSR count). The molecule has 0 atom stereocenters. The fourth-order valence-electron chi connectivity index (χ4n) is 0.821. The van der Waals surface area contributed by atoms with Crippen molar-refractivity contribution in [3.63, 3.8) is 0 Å². The van der Waals surface area contributed by atoms with E-state index in [-0.39, 0.29) is 5.97 Å². The lowest BCUT2D eigenvalue weighted by Gasteiger charge is -1.92. The molecule has 0 aromatic heterocycles. The molecule has 2 nitrogen and oxygen atoms in total. The van der Waals surface area contributed by atoms with E-state index in [1.54, 1.807) is 4.99 Å². The molecule has 0 aromatic carbocycles. The van der Waals surface area contributed by atoms with Gasteiger partial charge in [-0.3, -0.25) is 0 Å². The van der Waals surface area contributed by atoms with E-state index in [4.69, 9.17) is 4.74 Å². The van der Waals surface area contributed by atoms with Crippen molar-refractivity contribution in [3.8, 4) is 0 Å². The van der Waals surface area contributed by atoms with Gasteiger partial charge in [0, 0.05) is 10.3 Å². The average Bonchev–Trinajstić information content (AvgIpc) is 2.32. The third-order valence-electron chi connectivity index (χ3n) is 1.37. The summed E-state index contributed by atoms with van der Waals surface area (Å²) in [6.07, 6.45) is 0.670. The number of allylic oxidation sites excluding steroid dienone is 1. The molecule has 0 amide bonds. The fraction of sp³-hybridized carbons (Fsp3) is 0.286. The van der Waals surface area contributed by atoms with Crippen LogP contribution in [0.3, 0.4) is 0 Å². The van der Waals surface area contributed by atoms with E-state index in [2.05, 4.69) is 47.8 Å². The van der Waals surface area contributed by atoms with Gasteiger partial charge in [0.25, 0.3) is 0 Å². The third kappa shape index (κ3) is 2.00. The molecule has 0 N–H and O–H groups in total. The quantitative estimate of drug-likeness (QED) is 0.558. The van der Waals surface area contributed by atoms with E-state index in [1.807, 2.05) is 0 Å². The summed E-state index contributed by atoms with van der Waals surface area (Å²) in [7, 11) is 0. The molecule has 0 fully saturated rings. The Morgan fingerprint density at radius 3 is 2.58 bits per heavy atom. The van der Waals surface area contributed by atoms with Crippen LogP contribution in [0, 0.1) is 0 Å². The van der Waals surface area contributed by atoms with Gasteiger partial charge in [-0.25, -0.2) is 4.79 Å². The van der Waals surface area contributed by atoms with Crippen LogP contribution in [0.25, 0.3) is 0 Å². The van der Waals surface area contributed by atoms with E-state index in [0.29, 0.717) is 17.8 Å². The van der Waals surface area contributed by atoms with Crippen molar-refractivity contribution in [2.75, 3.05) is 5.33 Å². The molecule has 0 aliphatic carbocycles. The van der Waals surface area contributed by atoms with Crippen LogP contribution in [0.4, 0.5) is 0 Å². The highest BCUT2D eigenvalue weighted by molar-refractivity contribution is 9.12. The van der Waals surface area contributed by atoms with Crippen LogP contribution < -0.4 is 0 Å². The topological polar surface area (TPSA) is 26.3 Å². The smallest absolute Gasteiger partial charge is 0.340 e. The van der Waals surface area contributed by atoms with Crippen LogP contribution in [-0.4, -0.2) is 11.3 Å². The molecule has 0 unspecified atom stereocenters. The van der Waals surface area contributed by atoms with Gasteiger partial charge in [-0.15, -0.1) is 0 Å². The first-order valence-corrected chi connectivity index (χ1v) is 6.01. The van der Waals surface area contributed by atoms with Gasteiger partial charge in [0.1, 0.15) is 0 Å². The Morgan fingerprint density at radius 1 is 1.50 bits per heavy atom. The molecule has 0 spiro atoms. The molecule has 5 heteroatoms. The van der Waals surface area contributed by atoms with Crippen LogP contribution in [0.1, 0.15) is 6.42 Å². The van der Waals surface area contributed by atoms with Crippen molar-refractivity contribution in [3.05, 3.63) is 20.8 Å². The summed E-state index contributed by atoms with van der Waals surface area (Å²) in [5.41, 5.74) is 0.678. The number of alkyl halides is 1. The van der Waals surface area contributed by atoms with Crippen molar-refractivity contribution < 1.29 is 9.53 Å². The predicted molar refractivity (Wildman–Crippen MR) is 57.5 cm³/mol. The maximum absolute atomic E-state index is 11.2. The second kappa shape index (κ2) is 4.58. The highest BCUT2D eigenvalue weighted by Crippen LogP contribution is 2.33. The van der Waals surface area contributed by atoms with E-state index in [0.717, 1.165) is 9.81 Å². The monoisotopic (exact) mass is 358 g/mol. The van der Waals surface area contributed by atoms with Crippen molar-refractivity contribution in [2.45, 2.75) is 6.42 Å². The summed E-state index contributed by atoms with van der Waals surface area (Å²) in [4.78, 5) is 12.7. The van der Waals surface area contributed by atoms with Crippen LogP contribution in [0.15, 0.2) is 20.8 Å². The zero-order valence-electron chi connectivity index (χ0n) is 5.94. The Hall–Kier alpha value is 0.390. The van der Waals surface area contributed by atoms with Crippen molar-refractivity contribution in [2.24, 2.45) is 0 Å². The minimum Gasteiger partial charge on any atom is -0.421 e. The van der Waals surface area contributed by atoms with Gasteiger partial charge in [-0.2, -0.15) is 0 Å². The molecular weight excluding hydrogens is 356 g/mol. The molecule has 0 saturated carbocycles. The van der Waals surface area contributed by atoms with Crippen molar-refractivity contribution in [1.29, 1.82) is 0 Å². The standard InChI is InChI=1S/C7H5Br3O2/c8-2-1-4-6(10)5(3-9)12-7(4)11/h3H,1-2H2. The molecule has 0 radical (unpaired) electrons. The zero-order valence-corrected chi connectivity index (χ0v) is 10.7. The molecule has 0 saturated heterocycles. The summed E-state index contributed by atoms with van der Waals surface area (Å²) in [6.45, 7) is 0. The van der Waals surface area contributed by atoms with Crippen LogP contribution in [0.5, 0.6) is 0 Å². The Kier molecular flexibility index (Phi) is 3.99. The first-order valence-electron chi connectivity index (χ1n) is 3.18. The van der Waals surface area contributed by atoms with Gasteiger partial charge in [-0.05, 0) is 22.4 Å². The van der Waals surface area contributed by atoms with E-state index >= 15 is 0 Å². The Morgan fingerprint density at radius 2 is 2.17 bits per heavy atom. The molecule has 1 heterocycles. The SMILES string of the molecule is O=C1OC(=CBr)C(Br)=C1CCBr. The number of rotatable bonds is 2. The van der Waals surface area contributed by atoms with E-state index < -0.39 is 0 Å². The first kappa shape index (κ1) is 10.5. The van der Waals surface area contributed by atoms with Crippen molar-refractivity contribution >= 4 is 53.8 Å². The highest BCUT2D eigenvalue weighted by Gasteiger charge is 2.26. The number of halogens is 3. The van der Waals surface area contributed by atoms with Crippen LogP contribution >= 0.6 is 47.8 Å². The summed E-state index contributed by atoms with van der Waals surface area (Å²) in [6, 6.07) is 0. The fourth-order valence-corrected chi connectivity index (χ4v) is 2.40. The normalized spacial score (nSPS) is 20.6. The average molecular weight is 361 g/mol. The van der Waals surface area contributed by atoms with Crippen LogP contribution in [-0.2, 0) is 9.53 Å². The largest absolute Gasteiger partial charge is 0.421 e.